The zero-order chi connectivity index (χ0) is 19.7. The minimum atomic E-state index is -0.222. The molecular formula is C19H23N7O2. The van der Waals surface area contributed by atoms with Gasteiger partial charge in [-0.2, -0.15) is 5.10 Å². The van der Waals surface area contributed by atoms with E-state index in [4.69, 9.17) is 0 Å². The van der Waals surface area contributed by atoms with E-state index >= 15 is 0 Å². The predicted octanol–water partition coefficient (Wildman–Crippen LogP) is 1.72. The summed E-state index contributed by atoms with van der Waals surface area (Å²) in [5, 5.41) is 12.2. The molecule has 3 aromatic heterocycles. The molecule has 0 atom stereocenters. The molecule has 1 fully saturated rings. The van der Waals surface area contributed by atoms with Gasteiger partial charge in [-0.05, 0) is 51.7 Å². The van der Waals surface area contributed by atoms with Gasteiger partial charge >= 0.3 is 0 Å². The highest BCUT2D eigenvalue weighted by Gasteiger charge is 2.25. The number of H-pyrrole nitrogens is 1. The van der Waals surface area contributed by atoms with Crippen molar-refractivity contribution < 1.29 is 0 Å². The van der Waals surface area contributed by atoms with Gasteiger partial charge in [0, 0.05) is 30.2 Å². The van der Waals surface area contributed by atoms with E-state index in [0.717, 1.165) is 37.1 Å². The van der Waals surface area contributed by atoms with Crippen molar-refractivity contribution in [1.29, 1.82) is 0 Å². The van der Waals surface area contributed by atoms with Crippen molar-refractivity contribution in [2.75, 3.05) is 5.32 Å². The number of anilines is 1. The van der Waals surface area contributed by atoms with Gasteiger partial charge in [-0.1, -0.05) is 0 Å². The van der Waals surface area contributed by atoms with Gasteiger partial charge in [0.05, 0.1) is 11.7 Å². The number of aryl methyl sites for hydroxylation is 2. The monoisotopic (exact) mass is 381 g/mol. The molecule has 9 heteroatoms. The highest BCUT2D eigenvalue weighted by Crippen LogP contribution is 2.28. The molecule has 3 aromatic rings. The molecule has 1 aliphatic rings. The van der Waals surface area contributed by atoms with Crippen LogP contribution in [0.25, 0.3) is 5.82 Å². The van der Waals surface area contributed by atoms with Crippen molar-refractivity contribution in [2.24, 2.45) is 0 Å². The van der Waals surface area contributed by atoms with E-state index < -0.39 is 0 Å². The summed E-state index contributed by atoms with van der Waals surface area (Å²) in [6.07, 6.45) is 6.34. The minimum Gasteiger partial charge on any atom is -0.363 e. The lowest BCUT2D eigenvalue weighted by molar-refractivity contribution is 0.302. The number of hydrogen-bond donors (Lipinski definition) is 2. The number of aromatic nitrogens is 6. The minimum absolute atomic E-state index is 0.0319. The van der Waals surface area contributed by atoms with Gasteiger partial charge in [-0.15, -0.1) is 5.10 Å². The Kier molecular flexibility index (Phi) is 4.81. The van der Waals surface area contributed by atoms with Crippen LogP contribution in [0, 0.1) is 13.8 Å². The third-order valence-corrected chi connectivity index (χ3v) is 5.13. The molecule has 3 heterocycles. The average Bonchev–Trinajstić information content (AvgIpc) is 3.03. The van der Waals surface area contributed by atoms with Crippen molar-refractivity contribution >= 4 is 5.82 Å². The fourth-order valence-electron chi connectivity index (χ4n) is 3.76. The highest BCUT2D eigenvalue weighted by atomic mass is 16.1. The quantitative estimate of drug-likeness (QED) is 0.712. The average molecular weight is 381 g/mol. The Balaban J connectivity index is 1.49. The Morgan fingerprint density at radius 1 is 1.11 bits per heavy atom. The zero-order valence-corrected chi connectivity index (χ0v) is 15.9. The van der Waals surface area contributed by atoms with Crippen LogP contribution in [0.15, 0.2) is 40.2 Å². The normalized spacial score (nSPS) is 19.5. The number of hydrogen-bond acceptors (Lipinski definition) is 6. The maximum atomic E-state index is 12.4. The molecule has 0 unspecified atom stereocenters. The summed E-state index contributed by atoms with van der Waals surface area (Å²) in [5.41, 5.74) is 1.56. The van der Waals surface area contributed by atoms with Gasteiger partial charge in [0.25, 0.3) is 11.1 Å². The van der Waals surface area contributed by atoms with E-state index in [9.17, 15) is 9.59 Å². The van der Waals surface area contributed by atoms with E-state index in [1.807, 2.05) is 19.9 Å². The Bertz CT molecular complexity index is 1090. The molecule has 0 bridgehead atoms. The molecule has 1 aliphatic carbocycles. The van der Waals surface area contributed by atoms with Crippen LogP contribution in [0.3, 0.4) is 0 Å². The summed E-state index contributed by atoms with van der Waals surface area (Å²) in [6.45, 7) is 3.90. The Hall–Kier alpha value is -3.23. The Morgan fingerprint density at radius 3 is 2.57 bits per heavy atom. The van der Waals surface area contributed by atoms with Crippen LogP contribution in [0.4, 0.5) is 5.82 Å². The van der Waals surface area contributed by atoms with Gasteiger partial charge in [0.15, 0.2) is 11.6 Å². The van der Waals surface area contributed by atoms with Crippen molar-refractivity contribution in [3.8, 4) is 5.82 Å². The maximum absolute atomic E-state index is 12.4. The maximum Gasteiger partial charge on any atom is 0.290 e. The third kappa shape index (κ3) is 3.60. The van der Waals surface area contributed by atoms with E-state index in [0.29, 0.717) is 11.6 Å². The van der Waals surface area contributed by atoms with E-state index in [-0.39, 0.29) is 23.2 Å². The summed E-state index contributed by atoms with van der Waals surface area (Å²) in [7, 11) is 0. The van der Waals surface area contributed by atoms with Crippen molar-refractivity contribution in [1.82, 2.24) is 29.5 Å². The molecule has 0 saturated heterocycles. The van der Waals surface area contributed by atoms with Crippen LogP contribution in [-0.4, -0.2) is 35.6 Å². The van der Waals surface area contributed by atoms with Crippen LogP contribution in [0.5, 0.6) is 0 Å². The molecule has 1 saturated carbocycles. The van der Waals surface area contributed by atoms with Gasteiger partial charge < -0.3 is 10.3 Å². The second kappa shape index (κ2) is 7.41. The van der Waals surface area contributed by atoms with Gasteiger partial charge in [0.2, 0.25) is 0 Å². The Morgan fingerprint density at radius 2 is 1.89 bits per heavy atom. The number of nitrogens with one attached hydrogen (secondary N) is 2. The fraction of sp³-hybridized carbons (Fsp3) is 0.421. The largest absolute Gasteiger partial charge is 0.363 e. The molecule has 2 N–H and O–H groups in total. The summed E-state index contributed by atoms with van der Waals surface area (Å²) in [5.74, 6) is 0.984. The van der Waals surface area contributed by atoms with E-state index in [2.05, 4.69) is 25.5 Å². The van der Waals surface area contributed by atoms with Crippen LogP contribution in [0.1, 0.15) is 43.1 Å². The molecular weight excluding hydrogens is 358 g/mol. The summed E-state index contributed by atoms with van der Waals surface area (Å²) in [6, 6.07) is 5.43. The molecule has 9 nitrogen and oxygen atoms in total. The molecule has 146 valence electrons. The zero-order valence-electron chi connectivity index (χ0n) is 15.9. The molecule has 0 radical (unpaired) electrons. The summed E-state index contributed by atoms with van der Waals surface area (Å²) < 4.78 is 3.33. The molecule has 0 aliphatic heterocycles. The lowest BCUT2D eigenvalue weighted by Gasteiger charge is -2.29. The first-order valence-electron chi connectivity index (χ1n) is 9.45. The lowest BCUT2D eigenvalue weighted by Crippen LogP contribution is -2.34. The van der Waals surface area contributed by atoms with E-state index in [1.165, 1.54) is 6.20 Å². The Labute approximate surface area is 161 Å². The standard InChI is InChI=1S/C19H23N7O2/c1-12-11-13(2)25(23-12)16-7-8-17(27)26(24-16)15-5-3-14(4-6-15)22-18-19(28)21-10-9-20-18/h7-11,14-15H,3-6H2,1-2H3,(H,20,22)(H,21,28). The second-order valence-electron chi connectivity index (χ2n) is 7.23. The first-order chi connectivity index (χ1) is 13.5. The lowest BCUT2D eigenvalue weighted by atomic mass is 9.91. The highest BCUT2D eigenvalue weighted by molar-refractivity contribution is 5.31. The fourth-order valence-corrected chi connectivity index (χ4v) is 3.76. The molecule has 28 heavy (non-hydrogen) atoms. The number of nitrogens with zero attached hydrogens (tertiary/aromatic N) is 5. The number of aromatic amines is 1. The third-order valence-electron chi connectivity index (χ3n) is 5.13. The molecule has 0 spiro atoms. The van der Waals surface area contributed by atoms with Crippen molar-refractivity contribution in [2.45, 2.75) is 51.6 Å². The molecule has 0 amide bonds. The molecule has 4 rings (SSSR count). The van der Waals surface area contributed by atoms with Crippen molar-refractivity contribution in [3.63, 3.8) is 0 Å². The molecule has 0 aromatic carbocycles. The summed E-state index contributed by atoms with van der Waals surface area (Å²) in [4.78, 5) is 30.9. The van der Waals surface area contributed by atoms with Gasteiger partial charge in [0.1, 0.15) is 0 Å². The van der Waals surface area contributed by atoms with Gasteiger partial charge in [-0.3, -0.25) is 9.59 Å². The van der Waals surface area contributed by atoms with Crippen LogP contribution in [0.2, 0.25) is 0 Å². The van der Waals surface area contributed by atoms with Crippen LogP contribution < -0.4 is 16.4 Å². The van der Waals surface area contributed by atoms with Crippen molar-refractivity contribution in [3.05, 3.63) is 62.7 Å². The predicted molar refractivity (Wildman–Crippen MR) is 105 cm³/mol. The van der Waals surface area contributed by atoms with Crippen LogP contribution in [-0.2, 0) is 0 Å². The first-order valence-corrected chi connectivity index (χ1v) is 9.45. The van der Waals surface area contributed by atoms with Crippen LogP contribution >= 0.6 is 0 Å². The topological polar surface area (TPSA) is 110 Å². The SMILES string of the molecule is Cc1cc(C)n(-c2ccc(=O)n(C3CCC(Nc4ncc[nH]c4=O)CC3)n2)n1. The number of rotatable bonds is 4. The second-order valence-corrected chi connectivity index (χ2v) is 7.23. The smallest absolute Gasteiger partial charge is 0.290 e. The van der Waals surface area contributed by atoms with Gasteiger partial charge in [-0.25, -0.2) is 14.3 Å². The summed E-state index contributed by atoms with van der Waals surface area (Å²) >= 11 is 0. The van der Waals surface area contributed by atoms with E-state index in [1.54, 1.807) is 27.7 Å². The first kappa shape index (κ1) is 18.1.